The molecule has 1 aliphatic rings. The molecule has 35 heavy (non-hydrogen) atoms. The highest BCUT2D eigenvalue weighted by atomic mass is 32.1. The van der Waals surface area contributed by atoms with E-state index >= 15 is 0 Å². The van der Waals surface area contributed by atoms with Gasteiger partial charge in [-0.15, -0.1) is 0 Å². The number of amides is 2. The normalized spacial score (nSPS) is 19.8. The Morgan fingerprint density at radius 1 is 0.914 bits per heavy atom. The van der Waals surface area contributed by atoms with Gasteiger partial charge in [0.1, 0.15) is 17.2 Å². The molecule has 0 aromatic heterocycles. The SMILES string of the molecule is Cc1ccc(C(=S)NC2CC(NC(=O)OCc3ccccc3)CCC2NC(=O)OC(C)(C)C)cc1. The first-order valence-corrected chi connectivity index (χ1v) is 12.3. The van der Waals surface area contributed by atoms with Crippen LogP contribution in [0.4, 0.5) is 9.59 Å². The first kappa shape index (κ1) is 26.5. The van der Waals surface area contributed by atoms with Crippen LogP contribution in [0, 0.1) is 6.92 Å². The number of aryl methyl sites for hydroxylation is 1. The zero-order valence-electron chi connectivity index (χ0n) is 20.8. The van der Waals surface area contributed by atoms with Crippen LogP contribution in [-0.4, -0.2) is 40.9 Å². The topological polar surface area (TPSA) is 88.7 Å². The first-order chi connectivity index (χ1) is 16.6. The van der Waals surface area contributed by atoms with Gasteiger partial charge >= 0.3 is 12.2 Å². The van der Waals surface area contributed by atoms with Crippen molar-refractivity contribution in [2.24, 2.45) is 0 Å². The number of nitrogens with one attached hydrogen (secondary N) is 3. The number of benzene rings is 2. The molecule has 2 aromatic carbocycles. The van der Waals surface area contributed by atoms with Gasteiger partial charge in [0.05, 0.1) is 6.04 Å². The van der Waals surface area contributed by atoms with Crippen LogP contribution in [0.5, 0.6) is 0 Å². The van der Waals surface area contributed by atoms with Gasteiger partial charge in [-0.05, 0) is 52.5 Å². The van der Waals surface area contributed by atoms with Crippen LogP contribution in [-0.2, 0) is 16.1 Å². The Labute approximate surface area is 213 Å². The monoisotopic (exact) mass is 497 g/mol. The van der Waals surface area contributed by atoms with Gasteiger partial charge in [0.2, 0.25) is 0 Å². The maximum absolute atomic E-state index is 12.5. The van der Waals surface area contributed by atoms with E-state index in [9.17, 15) is 9.59 Å². The van der Waals surface area contributed by atoms with Crippen molar-refractivity contribution in [1.29, 1.82) is 0 Å². The third-order valence-corrected chi connectivity index (χ3v) is 6.07. The minimum Gasteiger partial charge on any atom is -0.445 e. The van der Waals surface area contributed by atoms with Crippen LogP contribution >= 0.6 is 12.2 Å². The average molecular weight is 498 g/mol. The summed E-state index contributed by atoms with van der Waals surface area (Å²) >= 11 is 5.65. The van der Waals surface area contributed by atoms with Crippen LogP contribution in [0.15, 0.2) is 54.6 Å². The van der Waals surface area contributed by atoms with Crippen molar-refractivity contribution in [1.82, 2.24) is 16.0 Å². The molecule has 7 nitrogen and oxygen atoms in total. The highest BCUT2D eigenvalue weighted by Crippen LogP contribution is 2.21. The number of thiocarbonyl (C=S) groups is 1. The molecule has 1 aliphatic carbocycles. The fraction of sp³-hybridized carbons (Fsp3) is 0.444. The van der Waals surface area contributed by atoms with Crippen molar-refractivity contribution in [2.45, 2.75) is 77.3 Å². The fourth-order valence-electron chi connectivity index (χ4n) is 3.98. The van der Waals surface area contributed by atoms with Crippen LogP contribution < -0.4 is 16.0 Å². The minimum atomic E-state index is -0.592. The predicted octanol–water partition coefficient (Wildman–Crippen LogP) is 5.00. The average Bonchev–Trinajstić information content (AvgIpc) is 2.79. The molecule has 188 valence electrons. The minimum absolute atomic E-state index is 0.117. The molecular weight excluding hydrogens is 462 g/mol. The highest BCUT2D eigenvalue weighted by Gasteiger charge is 2.34. The summed E-state index contributed by atoms with van der Waals surface area (Å²) in [6, 6.07) is 17.0. The van der Waals surface area contributed by atoms with Crippen LogP contribution in [0.1, 0.15) is 56.7 Å². The molecule has 3 unspecified atom stereocenters. The van der Waals surface area contributed by atoms with Gasteiger partial charge < -0.3 is 25.4 Å². The molecule has 0 spiro atoms. The quantitative estimate of drug-likeness (QED) is 0.487. The molecule has 2 amide bonds. The maximum atomic E-state index is 12.5. The lowest BCUT2D eigenvalue weighted by molar-refractivity contribution is 0.0476. The Hall–Kier alpha value is -3.13. The molecule has 0 radical (unpaired) electrons. The van der Waals surface area contributed by atoms with E-state index in [0.29, 0.717) is 24.3 Å². The second-order valence-corrected chi connectivity index (χ2v) is 10.3. The molecule has 1 saturated carbocycles. The van der Waals surface area contributed by atoms with Gasteiger partial charge in [-0.2, -0.15) is 0 Å². The summed E-state index contributed by atoms with van der Waals surface area (Å²) in [4.78, 5) is 25.5. The van der Waals surface area contributed by atoms with Crippen LogP contribution in [0.2, 0.25) is 0 Å². The summed E-state index contributed by atoms with van der Waals surface area (Å²) in [5.41, 5.74) is 2.39. The zero-order valence-corrected chi connectivity index (χ0v) is 21.6. The second kappa shape index (κ2) is 12.0. The highest BCUT2D eigenvalue weighted by molar-refractivity contribution is 7.80. The smallest absolute Gasteiger partial charge is 0.407 e. The van der Waals surface area contributed by atoms with E-state index in [4.69, 9.17) is 21.7 Å². The molecule has 0 bridgehead atoms. The number of alkyl carbamates (subject to hydrolysis) is 2. The number of carbonyl (C=O) groups is 2. The summed E-state index contributed by atoms with van der Waals surface area (Å²) < 4.78 is 10.8. The molecule has 0 heterocycles. The standard InChI is InChI=1S/C27H35N3O4S/c1-18-10-12-20(13-11-18)24(35)29-23-16-21(14-15-22(23)30-26(32)34-27(2,3)4)28-25(31)33-17-19-8-6-5-7-9-19/h5-13,21-23H,14-17H2,1-4H3,(H,28,31)(H,29,35)(H,30,32). The van der Waals surface area contributed by atoms with E-state index in [1.165, 1.54) is 0 Å². The van der Waals surface area contributed by atoms with E-state index < -0.39 is 17.8 Å². The van der Waals surface area contributed by atoms with Gasteiger partial charge in [0.15, 0.2) is 0 Å². The molecule has 0 saturated heterocycles. The predicted molar refractivity (Wildman–Crippen MR) is 140 cm³/mol. The third-order valence-electron chi connectivity index (χ3n) is 5.72. The van der Waals surface area contributed by atoms with Crippen LogP contribution in [0.3, 0.4) is 0 Å². The van der Waals surface area contributed by atoms with E-state index in [1.54, 1.807) is 0 Å². The second-order valence-electron chi connectivity index (χ2n) is 9.91. The number of carbonyl (C=O) groups excluding carboxylic acids is 2. The Balaban J connectivity index is 1.62. The molecule has 1 fully saturated rings. The molecular formula is C27H35N3O4S. The van der Waals surface area contributed by atoms with E-state index in [2.05, 4.69) is 16.0 Å². The Kier molecular flexibility index (Phi) is 9.09. The number of hydrogen-bond donors (Lipinski definition) is 3. The van der Waals surface area contributed by atoms with E-state index in [-0.39, 0.29) is 24.7 Å². The first-order valence-electron chi connectivity index (χ1n) is 11.9. The lowest BCUT2D eigenvalue weighted by atomic mass is 9.86. The summed E-state index contributed by atoms with van der Waals surface area (Å²) in [6.07, 6.45) is 0.988. The molecule has 0 aliphatic heterocycles. The molecule has 3 rings (SSSR count). The Morgan fingerprint density at radius 2 is 1.60 bits per heavy atom. The Bertz CT molecular complexity index is 1010. The largest absolute Gasteiger partial charge is 0.445 e. The summed E-state index contributed by atoms with van der Waals surface area (Å²) in [5, 5.41) is 9.35. The number of rotatable bonds is 6. The summed E-state index contributed by atoms with van der Waals surface area (Å²) in [7, 11) is 0. The van der Waals surface area contributed by atoms with Crippen molar-refractivity contribution < 1.29 is 19.1 Å². The van der Waals surface area contributed by atoms with E-state index in [0.717, 1.165) is 16.7 Å². The van der Waals surface area contributed by atoms with Crippen molar-refractivity contribution in [3.63, 3.8) is 0 Å². The van der Waals surface area contributed by atoms with Gasteiger partial charge in [0.25, 0.3) is 0 Å². The molecule has 3 N–H and O–H groups in total. The van der Waals surface area contributed by atoms with Crippen molar-refractivity contribution in [3.05, 3.63) is 71.3 Å². The maximum Gasteiger partial charge on any atom is 0.407 e. The summed E-state index contributed by atoms with van der Waals surface area (Å²) in [6.45, 7) is 7.72. The van der Waals surface area contributed by atoms with Gasteiger partial charge in [-0.3, -0.25) is 0 Å². The summed E-state index contributed by atoms with van der Waals surface area (Å²) in [5.74, 6) is 0. The zero-order chi connectivity index (χ0) is 25.4. The van der Waals surface area contributed by atoms with Gasteiger partial charge in [0, 0.05) is 17.6 Å². The van der Waals surface area contributed by atoms with Crippen LogP contribution in [0.25, 0.3) is 0 Å². The lowest BCUT2D eigenvalue weighted by Gasteiger charge is -2.38. The van der Waals surface area contributed by atoms with Crippen molar-refractivity contribution in [2.75, 3.05) is 0 Å². The molecule has 3 atom stereocenters. The molecule has 2 aromatic rings. The van der Waals surface area contributed by atoms with Gasteiger partial charge in [-0.25, -0.2) is 9.59 Å². The number of hydrogen-bond acceptors (Lipinski definition) is 5. The van der Waals surface area contributed by atoms with Crippen molar-refractivity contribution >= 4 is 29.4 Å². The Morgan fingerprint density at radius 3 is 2.26 bits per heavy atom. The van der Waals surface area contributed by atoms with E-state index in [1.807, 2.05) is 82.3 Å². The fourth-order valence-corrected chi connectivity index (χ4v) is 4.27. The molecule has 8 heteroatoms. The lowest BCUT2D eigenvalue weighted by Crippen LogP contribution is -2.58. The number of ether oxygens (including phenoxy) is 2. The third kappa shape index (κ3) is 8.87. The van der Waals surface area contributed by atoms with Gasteiger partial charge in [-0.1, -0.05) is 72.4 Å². The van der Waals surface area contributed by atoms with Crippen molar-refractivity contribution in [3.8, 4) is 0 Å².